The number of nitrogens with zero attached hydrogens (tertiary/aromatic N) is 2. The molecule has 0 bridgehead atoms. The second kappa shape index (κ2) is 6.02. The molecule has 1 saturated carbocycles. The average Bonchev–Trinajstić information content (AvgIpc) is 2.73. The molecule has 0 radical (unpaired) electrons. The highest BCUT2D eigenvalue weighted by Gasteiger charge is 2.38. The second-order valence-electron chi connectivity index (χ2n) is 6.17. The smallest absolute Gasteiger partial charge is 0.222 e. The fourth-order valence-corrected chi connectivity index (χ4v) is 3.47. The molecule has 1 heterocycles. The lowest BCUT2D eigenvalue weighted by atomic mass is 9.78. The first-order valence-electron chi connectivity index (χ1n) is 7.26. The van der Waals surface area contributed by atoms with Crippen molar-refractivity contribution in [3.8, 4) is 0 Å². The summed E-state index contributed by atoms with van der Waals surface area (Å²) in [4.78, 5) is 15.7. The molecule has 4 heteroatoms. The summed E-state index contributed by atoms with van der Waals surface area (Å²) in [5.41, 5.74) is 6.21. The highest BCUT2D eigenvalue weighted by Crippen LogP contribution is 2.35. The summed E-state index contributed by atoms with van der Waals surface area (Å²) in [7, 11) is 3.65. The number of hydrogen-bond donors (Lipinski definition) is 1. The Hall–Kier alpha value is -0.610. The Morgan fingerprint density at radius 1 is 1.33 bits per heavy atom. The van der Waals surface area contributed by atoms with Crippen LogP contribution in [0.3, 0.4) is 0 Å². The van der Waals surface area contributed by atoms with Gasteiger partial charge in [-0.25, -0.2) is 0 Å². The maximum atomic E-state index is 11.5. The Morgan fingerprint density at radius 2 is 2.11 bits per heavy atom. The number of rotatable bonds is 4. The monoisotopic (exact) mass is 253 g/mol. The lowest BCUT2D eigenvalue weighted by Gasteiger charge is -2.29. The van der Waals surface area contributed by atoms with E-state index in [1.807, 2.05) is 14.1 Å². The number of hydrogen-bond acceptors (Lipinski definition) is 3. The van der Waals surface area contributed by atoms with Crippen molar-refractivity contribution in [3.05, 3.63) is 0 Å². The van der Waals surface area contributed by atoms with Gasteiger partial charge in [0.2, 0.25) is 5.91 Å². The molecular formula is C14H27N3O. The first kappa shape index (κ1) is 13.8. The van der Waals surface area contributed by atoms with Crippen LogP contribution >= 0.6 is 0 Å². The van der Waals surface area contributed by atoms with Crippen LogP contribution in [0.2, 0.25) is 0 Å². The third-order valence-electron chi connectivity index (χ3n) is 4.59. The zero-order chi connectivity index (χ0) is 13.1. The van der Waals surface area contributed by atoms with Crippen molar-refractivity contribution >= 4 is 5.91 Å². The van der Waals surface area contributed by atoms with Crippen LogP contribution in [-0.4, -0.2) is 55.5 Å². The van der Waals surface area contributed by atoms with Gasteiger partial charge >= 0.3 is 0 Å². The third kappa shape index (κ3) is 3.23. The van der Waals surface area contributed by atoms with E-state index in [0.29, 0.717) is 18.4 Å². The summed E-state index contributed by atoms with van der Waals surface area (Å²) in [6.45, 7) is 3.41. The van der Waals surface area contributed by atoms with Crippen molar-refractivity contribution in [1.29, 1.82) is 0 Å². The maximum Gasteiger partial charge on any atom is 0.222 e. The molecule has 18 heavy (non-hydrogen) atoms. The van der Waals surface area contributed by atoms with Gasteiger partial charge in [0.1, 0.15) is 0 Å². The van der Waals surface area contributed by atoms with Crippen molar-refractivity contribution in [2.75, 3.05) is 33.7 Å². The molecule has 2 N–H and O–H groups in total. The molecule has 0 spiro atoms. The van der Waals surface area contributed by atoms with Crippen LogP contribution in [0.1, 0.15) is 32.1 Å². The van der Waals surface area contributed by atoms with Gasteiger partial charge in [0, 0.05) is 39.6 Å². The van der Waals surface area contributed by atoms with E-state index in [4.69, 9.17) is 5.73 Å². The first-order valence-corrected chi connectivity index (χ1v) is 7.26. The quantitative estimate of drug-likeness (QED) is 0.810. The predicted octanol–water partition coefficient (Wildman–Crippen LogP) is 0.914. The molecule has 2 fully saturated rings. The largest absolute Gasteiger partial charge is 0.349 e. The fraction of sp³-hybridized carbons (Fsp3) is 0.929. The Labute approximate surface area is 110 Å². The van der Waals surface area contributed by atoms with Crippen LogP contribution in [0, 0.1) is 11.8 Å². The van der Waals surface area contributed by atoms with Gasteiger partial charge in [-0.1, -0.05) is 6.42 Å². The molecule has 0 aromatic heterocycles. The molecule has 4 nitrogen and oxygen atoms in total. The molecule has 1 saturated heterocycles. The van der Waals surface area contributed by atoms with Crippen LogP contribution in [0.5, 0.6) is 0 Å². The lowest BCUT2D eigenvalue weighted by molar-refractivity contribution is -0.128. The van der Waals surface area contributed by atoms with E-state index in [9.17, 15) is 4.79 Å². The average molecular weight is 253 g/mol. The highest BCUT2D eigenvalue weighted by molar-refractivity contribution is 5.75. The zero-order valence-corrected chi connectivity index (χ0v) is 11.8. The molecular weight excluding hydrogens is 226 g/mol. The molecule has 0 aromatic carbocycles. The second-order valence-corrected chi connectivity index (χ2v) is 6.17. The summed E-state index contributed by atoms with van der Waals surface area (Å²) in [5.74, 6) is 1.77. The molecule has 2 aliphatic rings. The number of likely N-dealkylation sites (tertiary alicyclic amines) is 1. The van der Waals surface area contributed by atoms with Crippen molar-refractivity contribution in [2.45, 2.75) is 38.1 Å². The Morgan fingerprint density at radius 3 is 2.78 bits per heavy atom. The van der Waals surface area contributed by atoms with Crippen LogP contribution in [0.15, 0.2) is 0 Å². The van der Waals surface area contributed by atoms with Crippen LogP contribution in [0.25, 0.3) is 0 Å². The number of nitrogens with two attached hydrogens (primary N) is 1. The molecule has 2 rings (SSSR count). The molecule has 3 atom stereocenters. The number of carbonyl (C=O) groups is 1. The normalized spacial score (nSPS) is 32.3. The van der Waals surface area contributed by atoms with Crippen LogP contribution < -0.4 is 5.73 Å². The van der Waals surface area contributed by atoms with Gasteiger partial charge < -0.3 is 15.5 Å². The van der Waals surface area contributed by atoms with E-state index >= 15 is 0 Å². The molecule has 0 aromatic rings. The van der Waals surface area contributed by atoms with Crippen LogP contribution in [0.4, 0.5) is 0 Å². The van der Waals surface area contributed by atoms with Crippen LogP contribution in [-0.2, 0) is 4.79 Å². The molecule has 3 unspecified atom stereocenters. The summed E-state index contributed by atoms with van der Waals surface area (Å²) in [6.07, 6.45) is 5.51. The van der Waals surface area contributed by atoms with Gasteiger partial charge in [0.05, 0.1) is 0 Å². The van der Waals surface area contributed by atoms with Gasteiger partial charge in [0.25, 0.3) is 0 Å². The number of amides is 1. The van der Waals surface area contributed by atoms with Gasteiger partial charge in [-0.05, 0) is 37.6 Å². The predicted molar refractivity (Wildman–Crippen MR) is 73.2 cm³/mol. The Bertz CT molecular complexity index is 293. The van der Waals surface area contributed by atoms with E-state index in [1.165, 1.54) is 25.8 Å². The summed E-state index contributed by atoms with van der Waals surface area (Å²) < 4.78 is 0. The SMILES string of the molecule is CN(C)C(=O)CCCN1CC2CCCC(N)C2C1. The van der Waals surface area contributed by atoms with Gasteiger partial charge in [-0.3, -0.25) is 4.79 Å². The van der Waals surface area contributed by atoms with Crippen molar-refractivity contribution < 1.29 is 4.79 Å². The van der Waals surface area contributed by atoms with E-state index in [0.717, 1.165) is 25.4 Å². The molecule has 1 aliphatic heterocycles. The lowest BCUT2D eigenvalue weighted by Crippen LogP contribution is -2.38. The fourth-order valence-electron chi connectivity index (χ4n) is 3.47. The molecule has 1 aliphatic carbocycles. The standard InChI is InChI=1S/C14H27N3O/c1-16(2)14(18)7-4-8-17-9-11-5-3-6-13(15)12(11)10-17/h11-13H,3-10,15H2,1-2H3. The Kier molecular flexibility index (Phi) is 4.62. The minimum Gasteiger partial charge on any atom is -0.349 e. The minimum atomic E-state index is 0.239. The van der Waals surface area contributed by atoms with Gasteiger partial charge in [0.15, 0.2) is 0 Å². The minimum absolute atomic E-state index is 0.239. The van der Waals surface area contributed by atoms with E-state index < -0.39 is 0 Å². The van der Waals surface area contributed by atoms with E-state index in [1.54, 1.807) is 4.90 Å². The van der Waals surface area contributed by atoms with E-state index in [-0.39, 0.29) is 5.91 Å². The number of fused-ring (bicyclic) bond motifs is 1. The molecule has 1 amide bonds. The van der Waals surface area contributed by atoms with Gasteiger partial charge in [-0.15, -0.1) is 0 Å². The third-order valence-corrected chi connectivity index (χ3v) is 4.59. The summed E-state index contributed by atoms with van der Waals surface area (Å²) >= 11 is 0. The Balaban J connectivity index is 1.71. The molecule has 104 valence electrons. The van der Waals surface area contributed by atoms with Gasteiger partial charge in [-0.2, -0.15) is 0 Å². The van der Waals surface area contributed by atoms with Crippen molar-refractivity contribution in [2.24, 2.45) is 17.6 Å². The summed E-state index contributed by atoms with van der Waals surface area (Å²) in [6, 6.07) is 0.414. The first-order chi connectivity index (χ1) is 8.58. The summed E-state index contributed by atoms with van der Waals surface area (Å²) in [5, 5.41) is 0. The van der Waals surface area contributed by atoms with E-state index in [2.05, 4.69) is 4.90 Å². The van der Waals surface area contributed by atoms with Crippen molar-refractivity contribution in [3.63, 3.8) is 0 Å². The topological polar surface area (TPSA) is 49.6 Å². The highest BCUT2D eigenvalue weighted by atomic mass is 16.2. The zero-order valence-electron chi connectivity index (χ0n) is 11.8. The van der Waals surface area contributed by atoms with Crippen molar-refractivity contribution in [1.82, 2.24) is 9.80 Å². The maximum absolute atomic E-state index is 11.5. The number of carbonyl (C=O) groups excluding carboxylic acids is 1.